The average molecular weight is 213 g/mol. The number of alkyl halides is 2. The molecule has 0 aliphatic heterocycles. The predicted molar refractivity (Wildman–Crippen MR) is 55.7 cm³/mol. The molecule has 0 unspecified atom stereocenters. The van der Waals surface area contributed by atoms with Gasteiger partial charge in [0.1, 0.15) is 0 Å². The fraction of sp³-hybridized carbons (Fsp3) is 0.455. The van der Waals surface area contributed by atoms with Gasteiger partial charge in [0, 0.05) is 5.92 Å². The van der Waals surface area contributed by atoms with Crippen molar-refractivity contribution in [2.45, 2.75) is 23.1 Å². The van der Waals surface area contributed by atoms with E-state index in [2.05, 4.69) is 24.3 Å². The molecule has 68 valence electrons. The molecule has 0 spiro atoms. The van der Waals surface area contributed by atoms with E-state index in [4.69, 9.17) is 23.2 Å². The zero-order valence-electron chi connectivity index (χ0n) is 7.08. The molecule has 0 bridgehead atoms. The molecule has 0 radical (unpaired) electrons. The van der Waals surface area contributed by atoms with Crippen molar-refractivity contribution in [1.29, 1.82) is 0 Å². The van der Waals surface area contributed by atoms with Crippen molar-refractivity contribution in [1.82, 2.24) is 0 Å². The molecule has 2 heteroatoms. The van der Waals surface area contributed by atoms with Crippen LogP contribution in [0.15, 0.2) is 24.3 Å². The maximum Gasteiger partial charge on any atom is 0.0574 e. The molecule has 1 saturated carbocycles. The van der Waals surface area contributed by atoms with Crippen LogP contribution in [0, 0.1) is 5.92 Å². The van der Waals surface area contributed by atoms with Gasteiger partial charge in [0.15, 0.2) is 0 Å². The summed E-state index contributed by atoms with van der Waals surface area (Å²) >= 11 is 12.4. The molecule has 13 heavy (non-hydrogen) atoms. The van der Waals surface area contributed by atoms with Gasteiger partial charge in [-0.05, 0) is 23.5 Å². The first-order chi connectivity index (χ1) is 6.29. The van der Waals surface area contributed by atoms with Gasteiger partial charge in [-0.25, -0.2) is 0 Å². The van der Waals surface area contributed by atoms with E-state index < -0.39 is 0 Å². The SMILES string of the molecule is Cl[C@@H]1[C@H](Cl)[C@@H]2Cc3ccccc3[C@H]12. The predicted octanol–water partition coefficient (Wildman–Crippen LogP) is 3.17. The van der Waals surface area contributed by atoms with Gasteiger partial charge in [-0.3, -0.25) is 0 Å². The van der Waals surface area contributed by atoms with Gasteiger partial charge in [0.05, 0.1) is 10.8 Å². The van der Waals surface area contributed by atoms with Crippen molar-refractivity contribution >= 4 is 23.2 Å². The highest BCUT2D eigenvalue weighted by atomic mass is 35.5. The van der Waals surface area contributed by atoms with E-state index >= 15 is 0 Å². The summed E-state index contributed by atoms with van der Waals surface area (Å²) in [5.41, 5.74) is 2.88. The minimum atomic E-state index is 0.148. The van der Waals surface area contributed by atoms with Gasteiger partial charge < -0.3 is 0 Å². The van der Waals surface area contributed by atoms with Gasteiger partial charge in [-0.2, -0.15) is 0 Å². The Hall–Kier alpha value is -0.200. The van der Waals surface area contributed by atoms with Crippen LogP contribution in [0.1, 0.15) is 17.0 Å². The van der Waals surface area contributed by atoms with Gasteiger partial charge in [-0.15, -0.1) is 23.2 Å². The van der Waals surface area contributed by atoms with Crippen molar-refractivity contribution in [3.63, 3.8) is 0 Å². The Labute approximate surface area is 87.9 Å². The van der Waals surface area contributed by atoms with Gasteiger partial charge in [0.25, 0.3) is 0 Å². The second-order valence-electron chi connectivity index (χ2n) is 3.98. The molecule has 0 saturated heterocycles. The number of hydrogen-bond donors (Lipinski definition) is 0. The number of hydrogen-bond acceptors (Lipinski definition) is 0. The van der Waals surface area contributed by atoms with E-state index in [0.29, 0.717) is 11.8 Å². The zero-order valence-corrected chi connectivity index (χ0v) is 8.59. The van der Waals surface area contributed by atoms with E-state index in [-0.39, 0.29) is 10.8 Å². The molecule has 2 aliphatic carbocycles. The van der Waals surface area contributed by atoms with Crippen LogP contribution in [0.25, 0.3) is 0 Å². The smallest absolute Gasteiger partial charge is 0.0574 e. The van der Waals surface area contributed by atoms with E-state index in [1.807, 2.05) is 0 Å². The lowest BCUT2D eigenvalue weighted by Gasteiger charge is -2.42. The first-order valence-corrected chi connectivity index (χ1v) is 5.52. The highest BCUT2D eigenvalue weighted by molar-refractivity contribution is 6.32. The van der Waals surface area contributed by atoms with Gasteiger partial charge in [0.2, 0.25) is 0 Å². The average Bonchev–Trinajstić information content (AvgIpc) is 2.52. The molecule has 0 heterocycles. The fourth-order valence-corrected chi connectivity index (χ4v) is 3.58. The third-order valence-corrected chi connectivity index (χ3v) is 4.65. The van der Waals surface area contributed by atoms with Crippen molar-refractivity contribution < 1.29 is 0 Å². The Morgan fingerprint density at radius 3 is 2.69 bits per heavy atom. The lowest BCUT2D eigenvalue weighted by atomic mass is 9.73. The van der Waals surface area contributed by atoms with E-state index in [9.17, 15) is 0 Å². The molecule has 0 nitrogen and oxygen atoms in total. The van der Waals surface area contributed by atoms with Crippen LogP contribution < -0.4 is 0 Å². The third-order valence-electron chi connectivity index (χ3n) is 3.39. The van der Waals surface area contributed by atoms with E-state index in [0.717, 1.165) is 6.42 Å². The fourth-order valence-electron chi connectivity index (χ4n) is 2.66. The first-order valence-electron chi connectivity index (χ1n) is 4.65. The maximum atomic E-state index is 6.20. The lowest BCUT2D eigenvalue weighted by Crippen LogP contribution is -2.45. The van der Waals surface area contributed by atoms with Crippen molar-refractivity contribution in [2.24, 2.45) is 5.92 Å². The normalized spacial score (nSPS) is 40.8. The maximum absolute atomic E-state index is 6.20. The van der Waals surface area contributed by atoms with Gasteiger partial charge >= 0.3 is 0 Å². The molecule has 2 aliphatic rings. The molecule has 4 atom stereocenters. The molecule has 1 aromatic carbocycles. The summed E-state index contributed by atoms with van der Waals surface area (Å²) in [5.74, 6) is 1.13. The zero-order chi connectivity index (χ0) is 9.00. The second kappa shape index (κ2) is 2.65. The number of benzene rings is 1. The molecule has 1 aromatic rings. The molecule has 3 rings (SSSR count). The summed E-state index contributed by atoms with van der Waals surface area (Å²) in [5, 5.41) is 0.328. The summed E-state index contributed by atoms with van der Waals surface area (Å²) in [6.45, 7) is 0. The molecular formula is C11H10Cl2. The van der Waals surface area contributed by atoms with E-state index in [1.54, 1.807) is 0 Å². The summed E-state index contributed by atoms with van der Waals surface area (Å²) in [4.78, 5) is 0. The van der Waals surface area contributed by atoms with Crippen molar-refractivity contribution in [3.05, 3.63) is 35.4 Å². The monoisotopic (exact) mass is 212 g/mol. The van der Waals surface area contributed by atoms with Crippen LogP contribution in [-0.4, -0.2) is 10.8 Å². The van der Waals surface area contributed by atoms with Crippen LogP contribution >= 0.6 is 23.2 Å². The lowest BCUT2D eigenvalue weighted by molar-refractivity contribution is 0.298. The molecule has 0 N–H and O–H groups in total. The summed E-state index contributed by atoms with van der Waals surface area (Å²) < 4.78 is 0. The van der Waals surface area contributed by atoms with Crippen LogP contribution in [0.2, 0.25) is 0 Å². The highest BCUT2D eigenvalue weighted by Gasteiger charge is 2.53. The molecule has 1 fully saturated rings. The third kappa shape index (κ3) is 0.936. The highest BCUT2D eigenvalue weighted by Crippen LogP contribution is 2.55. The Bertz CT molecular complexity index is 348. The largest absolute Gasteiger partial charge is 0.121 e. The van der Waals surface area contributed by atoms with Crippen LogP contribution in [0.5, 0.6) is 0 Å². The van der Waals surface area contributed by atoms with Crippen LogP contribution in [-0.2, 0) is 6.42 Å². The summed E-state index contributed by atoms with van der Waals surface area (Å²) in [7, 11) is 0. The minimum Gasteiger partial charge on any atom is -0.121 e. The molecule has 0 amide bonds. The Morgan fingerprint density at radius 2 is 1.85 bits per heavy atom. The van der Waals surface area contributed by atoms with Crippen LogP contribution in [0.3, 0.4) is 0 Å². The minimum absolute atomic E-state index is 0.148. The van der Waals surface area contributed by atoms with Gasteiger partial charge in [-0.1, -0.05) is 24.3 Å². The quantitative estimate of drug-likeness (QED) is 0.580. The van der Waals surface area contributed by atoms with E-state index in [1.165, 1.54) is 11.1 Å². The Kier molecular flexibility index (Phi) is 1.66. The second-order valence-corrected chi connectivity index (χ2v) is 4.99. The molecular weight excluding hydrogens is 203 g/mol. The van der Waals surface area contributed by atoms with Crippen molar-refractivity contribution in [3.8, 4) is 0 Å². The Balaban J connectivity index is 2.05. The number of halogens is 2. The van der Waals surface area contributed by atoms with Crippen molar-refractivity contribution in [2.75, 3.05) is 0 Å². The topological polar surface area (TPSA) is 0 Å². The molecule has 0 aromatic heterocycles. The summed E-state index contributed by atoms with van der Waals surface area (Å²) in [6, 6.07) is 8.57. The standard InChI is InChI=1S/C11H10Cl2/c12-10-8-5-6-3-1-2-4-7(6)9(8)11(10)13/h1-4,8-11H,5H2/t8-,9+,10-,11+/m1/s1. The Morgan fingerprint density at radius 1 is 1.08 bits per heavy atom. The van der Waals surface area contributed by atoms with Crippen LogP contribution in [0.4, 0.5) is 0 Å². The first kappa shape index (κ1) is 8.14. The number of fused-ring (bicyclic) bond motifs is 3. The number of rotatable bonds is 0. The summed E-state index contributed by atoms with van der Waals surface area (Å²) in [6.07, 6.45) is 1.12.